The zero-order chi connectivity index (χ0) is 37.7. The van der Waals surface area contributed by atoms with E-state index in [-0.39, 0.29) is 0 Å². The summed E-state index contributed by atoms with van der Waals surface area (Å²) in [4.78, 5) is 2.38. The van der Waals surface area contributed by atoms with Gasteiger partial charge < -0.3 is 9.32 Å². The number of furan rings is 1. The van der Waals surface area contributed by atoms with Crippen molar-refractivity contribution in [1.82, 2.24) is 0 Å². The molecule has 11 rings (SSSR count). The second-order valence-electron chi connectivity index (χ2n) is 14.4. The number of benzene rings is 9. The van der Waals surface area contributed by atoms with Gasteiger partial charge in [0.05, 0.1) is 5.69 Å². The van der Waals surface area contributed by atoms with E-state index in [9.17, 15) is 0 Å². The fourth-order valence-electron chi connectivity index (χ4n) is 8.46. The first-order chi connectivity index (χ1) is 28.3. The molecule has 0 spiro atoms. The van der Waals surface area contributed by atoms with Crippen LogP contribution in [0.4, 0.5) is 17.1 Å². The highest BCUT2D eigenvalue weighted by Gasteiger charge is 2.25. The first-order valence-electron chi connectivity index (χ1n) is 19.3. The van der Waals surface area contributed by atoms with Crippen LogP contribution in [0.3, 0.4) is 0 Å². The highest BCUT2D eigenvalue weighted by molar-refractivity contribution is 7.26. The van der Waals surface area contributed by atoms with Crippen molar-refractivity contribution >= 4 is 70.5 Å². The molecule has 2 nitrogen and oxygen atoms in total. The molecule has 11 aromatic rings. The van der Waals surface area contributed by atoms with Gasteiger partial charge in [0.1, 0.15) is 5.58 Å². The standard InChI is InChI=1S/C54H35NOS/c1-4-16-36(17-5-1)37-30-32-40(33-31-37)55(49-27-15-24-44-42-22-10-12-28-50(42)56-53(44)49)41-34-47(38-18-6-2-7-19-38)52(39-20-8-3-9-21-39)48(35-41)46-26-14-25-45-43-23-11-13-29-51(43)57-54(45)46/h1-35H. The maximum Gasteiger partial charge on any atom is 0.159 e. The first-order valence-corrected chi connectivity index (χ1v) is 20.2. The third-order valence-electron chi connectivity index (χ3n) is 11.1. The summed E-state index contributed by atoms with van der Waals surface area (Å²) < 4.78 is 9.35. The van der Waals surface area contributed by atoms with Gasteiger partial charge in [-0.05, 0) is 81.4 Å². The van der Waals surface area contributed by atoms with E-state index in [4.69, 9.17) is 4.42 Å². The second-order valence-corrected chi connectivity index (χ2v) is 15.5. The number of hydrogen-bond donors (Lipinski definition) is 0. The van der Waals surface area contributed by atoms with Crippen LogP contribution < -0.4 is 4.90 Å². The molecule has 0 bridgehead atoms. The van der Waals surface area contributed by atoms with Crippen molar-refractivity contribution in [2.75, 3.05) is 4.90 Å². The van der Waals surface area contributed by atoms with Gasteiger partial charge in [-0.2, -0.15) is 0 Å². The van der Waals surface area contributed by atoms with Crippen molar-refractivity contribution in [2.45, 2.75) is 0 Å². The lowest BCUT2D eigenvalue weighted by Crippen LogP contribution is -2.11. The predicted octanol–water partition coefficient (Wildman–Crippen LogP) is 16.1. The van der Waals surface area contributed by atoms with Crippen molar-refractivity contribution in [2.24, 2.45) is 0 Å². The van der Waals surface area contributed by atoms with Gasteiger partial charge in [-0.25, -0.2) is 0 Å². The molecule has 2 heterocycles. The Hall–Kier alpha value is -7.20. The summed E-state index contributed by atoms with van der Waals surface area (Å²) in [6, 6.07) is 76.4. The molecule has 0 atom stereocenters. The molecule has 268 valence electrons. The lowest BCUT2D eigenvalue weighted by atomic mass is 9.86. The summed E-state index contributed by atoms with van der Waals surface area (Å²) in [6.45, 7) is 0. The Bertz CT molecular complexity index is 3220. The fourth-order valence-corrected chi connectivity index (χ4v) is 9.69. The van der Waals surface area contributed by atoms with Crippen LogP contribution in [0.15, 0.2) is 217 Å². The smallest absolute Gasteiger partial charge is 0.159 e. The molecular formula is C54H35NOS. The molecule has 0 aliphatic carbocycles. The number of rotatable bonds is 7. The lowest BCUT2D eigenvalue weighted by molar-refractivity contribution is 0.669. The van der Waals surface area contributed by atoms with E-state index in [2.05, 4.69) is 211 Å². The highest BCUT2D eigenvalue weighted by Crippen LogP contribution is 2.50. The molecule has 0 fully saturated rings. The lowest BCUT2D eigenvalue weighted by Gasteiger charge is -2.28. The van der Waals surface area contributed by atoms with Crippen molar-refractivity contribution in [3.8, 4) is 44.5 Å². The molecule has 2 aromatic heterocycles. The molecule has 0 saturated heterocycles. The van der Waals surface area contributed by atoms with Crippen molar-refractivity contribution in [3.05, 3.63) is 212 Å². The number of thiophene rings is 1. The Morgan fingerprint density at radius 3 is 1.72 bits per heavy atom. The van der Waals surface area contributed by atoms with Crippen LogP contribution >= 0.6 is 11.3 Å². The Morgan fingerprint density at radius 2 is 0.947 bits per heavy atom. The summed E-state index contributed by atoms with van der Waals surface area (Å²) in [5.41, 5.74) is 14.2. The maximum absolute atomic E-state index is 6.77. The van der Waals surface area contributed by atoms with E-state index in [1.165, 1.54) is 53.6 Å². The van der Waals surface area contributed by atoms with Crippen molar-refractivity contribution in [3.63, 3.8) is 0 Å². The van der Waals surface area contributed by atoms with E-state index < -0.39 is 0 Å². The summed E-state index contributed by atoms with van der Waals surface area (Å²) in [6.07, 6.45) is 0. The molecular weight excluding hydrogens is 711 g/mol. The molecule has 0 unspecified atom stereocenters. The van der Waals surface area contributed by atoms with Crippen molar-refractivity contribution in [1.29, 1.82) is 0 Å². The van der Waals surface area contributed by atoms with Crippen LogP contribution in [0.1, 0.15) is 0 Å². The summed E-state index contributed by atoms with van der Waals surface area (Å²) >= 11 is 1.87. The van der Waals surface area contributed by atoms with Gasteiger partial charge in [-0.3, -0.25) is 0 Å². The fraction of sp³-hybridized carbons (Fsp3) is 0. The van der Waals surface area contributed by atoms with Crippen LogP contribution in [0, 0.1) is 0 Å². The largest absolute Gasteiger partial charge is 0.454 e. The van der Waals surface area contributed by atoms with Gasteiger partial charge in [0, 0.05) is 47.9 Å². The van der Waals surface area contributed by atoms with E-state index in [0.29, 0.717) is 0 Å². The number of anilines is 3. The van der Waals surface area contributed by atoms with E-state index in [1.807, 2.05) is 17.4 Å². The molecule has 0 N–H and O–H groups in total. The number of para-hydroxylation sites is 2. The molecule has 0 radical (unpaired) electrons. The van der Waals surface area contributed by atoms with E-state index >= 15 is 0 Å². The average Bonchev–Trinajstić information content (AvgIpc) is 3.87. The monoisotopic (exact) mass is 745 g/mol. The minimum absolute atomic E-state index is 0.854. The molecule has 3 heteroatoms. The number of nitrogens with zero attached hydrogens (tertiary/aromatic N) is 1. The summed E-state index contributed by atoms with van der Waals surface area (Å²) in [7, 11) is 0. The van der Waals surface area contributed by atoms with Crippen molar-refractivity contribution < 1.29 is 4.42 Å². The van der Waals surface area contributed by atoms with Gasteiger partial charge in [0.25, 0.3) is 0 Å². The van der Waals surface area contributed by atoms with E-state index in [0.717, 1.165) is 50.1 Å². The van der Waals surface area contributed by atoms with E-state index in [1.54, 1.807) is 0 Å². The molecule has 9 aromatic carbocycles. The quantitative estimate of drug-likeness (QED) is 0.162. The third kappa shape index (κ3) is 5.71. The Morgan fingerprint density at radius 1 is 0.368 bits per heavy atom. The van der Waals surface area contributed by atoms with Gasteiger partial charge >= 0.3 is 0 Å². The third-order valence-corrected chi connectivity index (χ3v) is 12.3. The predicted molar refractivity (Wildman–Crippen MR) is 243 cm³/mol. The van der Waals surface area contributed by atoms with Crippen LogP contribution in [0.25, 0.3) is 86.6 Å². The van der Waals surface area contributed by atoms with Crippen LogP contribution in [-0.2, 0) is 0 Å². The molecule has 0 saturated carbocycles. The van der Waals surface area contributed by atoms with Gasteiger partial charge in [-0.15, -0.1) is 11.3 Å². The highest BCUT2D eigenvalue weighted by atomic mass is 32.1. The SMILES string of the molecule is c1ccc(-c2ccc(N(c3cc(-c4ccccc4)c(-c4ccccc4)c(-c4cccc5c4sc4ccccc45)c3)c3cccc4c3oc3ccccc34)cc2)cc1. The maximum atomic E-state index is 6.77. The molecule has 0 aliphatic rings. The van der Waals surface area contributed by atoms with Gasteiger partial charge in [0.15, 0.2) is 5.58 Å². The summed E-state index contributed by atoms with van der Waals surface area (Å²) in [5.74, 6) is 0. The molecule has 0 aliphatic heterocycles. The Balaban J connectivity index is 1.25. The summed E-state index contributed by atoms with van der Waals surface area (Å²) in [5, 5.41) is 4.76. The van der Waals surface area contributed by atoms with Gasteiger partial charge in [0.2, 0.25) is 0 Å². The van der Waals surface area contributed by atoms with Crippen LogP contribution in [0.2, 0.25) is 0 Å². The minimum Gasteiger partial charge on any atom is -0.454 e. The zero-order valence-electron chi connectivity index (χ0n) is 31.0. The number of fused-ring (bicyclic) bond motifs is 6. The zero-order valence-corrected chi connectivity index (χ0v) is 31.8. The topological polar surface area (TPSA) is 16.4 Å². The Kier molecular flexibility index (Phi) is 8.04. The van der Waals surface area contributed by atoms with Crippen LogP contribution in [-0.4, -0.2) is 0 Å². The van der Waals surface area contributed by atoms with Gasteiger partial charge in [-0.1, -0.05) is 170 Å². The first kappa shape index (κ1) is 33.2. The average molecular weight is 746 g/mol. The van der Waals surface area contributed by atoms with Crippen LogP contribution in [0.5, 0.6) is 0 Å². The second kappa shape index (κ2) is 13.8. The number of hydrogen-bond acceptors (Lipinski definition) is 3. The minimum atomic E-state index is 0.854. The normalized spacial score (nSPS) is 11.5. The molecule has 0 amide bonds. The Labute approximate surface area is 335 Å². The molecule has 57 heavy (non-hydrogen) atoms.